The van der Waals surface area contributed by atoms with Crippen molar-refractivity contribution in [1.29, 1.82) is 0 Å². The van der Waals surface area contributed by atoms with E-state index in [1.54, 1.807) is 0 Å². The van der Waals surface area contributed by atoms with E-state index >= 15 is 0 Å². The molecule has 1 rings (SSSR count). The van der Waals surface area contributed by atoms with Crippen LogP contribution in [0.1, 0.15) is 103 Å². The zero-order valence-electron chi connectivity index (χ0n) is 12.6. The fourth-order valence-electron chi connectivity index (χ4n) is 3.25. The lowest BCUT2D eigenvalue weighted by molar-refractivity contribution is 0.259. The van der Waals surface area contributed by atoms with Crippen molar-refractivity contribution in [2.75, 3.05) is 0 Å². The van der Waals surface area contributed by atoms with E-state index in [4.69, 9.17) is 5.73 Å². The maximum atomic E-state index is 8.41. The molecule has 1 fully saturated rings. The molecular weight excluding hydrogens is 218 g/mol. The quantitative estimate of drug-likeness (QED) is 0.433. The fraction of sp³-hybridized carbons (Fsp3) is 1.00. The topological polar surface area (TPSA) is 23.8 Å². The van der Waals surface area contributed by atoms with E-state index in [-0.39, 0.29) is 5.54 Å². The molecule has 18 heavy (non-hydrogen) atoms. The molecule has 0 atom stereocenters. The first-order valence-electron chi connectivity index (χ1n) is 8.52. The van der Waals surface area contributed by atoms with E-state index in [2.05, 4.69) is 6.92 Å². The number of hydrogen-bond donors (Lipinski definition) is 0. The first-order valence-corrected chi connectivity index (χ1v) is 8.52. The van der Waals surface area contributed by atoms with Gasteiger partial charge in [0.25, 0.3) is 0 Å². The lowest BCUT2D eigenvalue weighted by atomic mass is 9.79. The maximum Gasteiger partial charge on any atom is 0.0324 e. The van der Waals surface area contributed by atoms with Crippen LogP contribution in [0.5, 0.6) is 0 Å². The van der Waals surface area contributed by atoms with Crippen LogP contribution in [0.4, 0.5) is 0 Å². The zero-order valence-corrected chi connectivity index (χ0v) is 12.6. The summed E-state index contributed by atoms with van der Waals surface area (Å²) < 4.78 is 0. The minimum Gasteiger partial charge on any atom is -0.251 e. The van der Waals surface area contributed by atoms with Gasteiger partial charge in [0.2, 0.25) is 0 Å². The third kappa shape index (κ3) is 7.41. The minimum absolute atomic E-state index is 0.0284. The lowest BCUT2D eigenvalue weighted by Gasteiger charge is -2.32. The second kappa shape index (κ2) is 9.83. The van der Waals surface area contributed by atoms with Crippen LogP contribution in [-0.4, -0.2) is 5.54 Å². The Labute approximate surface area is 115 Å². The molecule has 0 aromatic rings. The van der Waals surface area contributed by atoms with Crippen LogP contribution in [0.3, 0.4) is 0 Å². The van der Waals surface area contributed by atoms with Gasteiger partial charge in [0.05, 0.1) is 0 Å². The Bertz CT molecular complexity index is 182. The monoisotopic (exact) mass is 252 g/mol. The van der Waals surface area contributed by atoms with Gasteiger partial charge < -0.3 is 0 Å². The molecule has 107 valence electrons. The molecule has 0 heterocycles. The molecule has 1 heteroatoms. The van der Waals surface area contributed by atoms with Crippen molar-refractivity contribution in [3.63, 3.8) is 0 Å². The Morgan fingerprint density at radius 1 is 0.722 bits per heavy atom. The van der Waals surface area contributed by atoms with Gasteiger partial charge in [0, 0.05) is 5.54 Å². The molecule has 1 N–H and O–H groups in total. The molecule has 1 nitrogen and oxygen atoms in total. The van der Waals surface area contributed by atoms with Crippen molar-refractivity contribution in [3.05, 3.63) is 0 Å². The first kappa shape index (κ1) is 16.0. The molecule has 0 aromatic carbocycles. The van der Waals surface area contributed by atoms with Gasteiger partial charge in [-0.1, -0.05) is 84.0 Å². The third-order valence-corrected chi connectivity index (χ3v) is 4.57. The smallest absolute Gasteiger partial charge is 0.0324 e. The van der Waals surface area contributed by atoms with Crippen molar-refractivity contribution < 1.29 is 0 Å². The highest BCUT2D eigenvalue weighted by Crippen LogP contribution is 2.31. The predicted octanol–water partition coefficient (Wildman–Crippen LogP) is 5.89. The highest BCUT2D eigenvalue weighted by atomic mass is 14.7. The van der Waals surface area contributed by atoms with Crippen molar-refractivity contribution in [2.45, 2.75) is 109 Å². The molecule has 0 unspecified atom stereocenters. The van der Waals surface area contributed by atoms with Crippen molar-refractivity contribution in [3.8, 4) is 0 Å². The molecule has 0 saturated heterocycles. The molecular formula is C17H34N. The van der Waals surface area contributed by atoms with Gasteiger partial charge in [-0.25, -0.2) is 0 Å². The summed E-state index contributed by atoms with van der Waals surface area (Å²) in [5, 5.41) is 0. The average molecular weight is 252 g/mol. The maximum absolute atomic E-state index is 8.41. The van der Waals surface area contributed by atoms with Gasteiger partial charge in [0.15, 0.2) is 0 Å². The summed E-state index contributed by atoms with van der Waals surface area (Å²) in [5.41, 5.74) is 8.38. The van der Waals surface area contributed by atoms with E-state index < -0.39 is 0 Å². The number of rotatable bonds is 10. The average Bonchev–Trinajstić information content (AvgIpc) is 2.38. The van der Waals surface area contributed by atoms with Gasteiger partial charge in [-0.3, -0.25) is 5.73 Å². The lowest BCUT2D eigenvalue weighted by Crippen LogP contribution is -2.33. The van der Waals surface area contributed by atoms with Gasteiger partial charge in [-0.2, -0.15) is 0 Å². The molecule has 0 aliphatic heterocycles. The highest BCUT2D eigenvalue weighted by Gasteiger charge is 2.27. The van der Waals surface area contributed by atoms with Crippen LogP contribution in [0.25, 0.3) is 0 Å². The third-order valence-electron chi connectivity index (χ3n) is 4.57. The van der Waals surface area contributed by atoms with Crippen LogP contribution in [0.15, 0.2) is 0 Å². The van der Waals surface area contributed by atoms with E-state index in [1.165, 1.54) is 96.3 Å². The number of nitrogens with one attached hydrogen (secondary N) is 1. The molecule has 1 aliphatic carbocycles. The predicted molar refractivity (Wildman–Crippen MR) is 80.8 cm³/mol. The molecule has 0 spiro atoms. The minimum atomic E-state index is -0.0284. The normalized spacial score (nSPS) is 19.0. The van der Waals surface area contributed by atoms with E-state index in [0.29, 0.717) is 0 Å². The van der Waals surface area contributed by atoms with E-state index in [1.807, 2.05) is 0 Å². The molecule has 0 amide bonds. The first-order chi connectivity index (χ1) is 8.77. The fourth-order valence-corrected chi connectivity index (χ4v) is 3.25. The zero-order chi connectivity index (χ0) is 13.1. The molecule has 1 saturated carbocycles. The van der Waals surface area contributed by atoms with Crippen molar-refractivity contribution in [2.24, 2.45) is 0 Å². The van der Waals surface area contributed by atoms with E-state index in [9.17, 15) is 0 Å². The van der Waals surface area contributed by atoms with Crippen LogP contribution in [-0.2, 0) is 0 Å². The Hall–Kier alpha value is -0.0400. The molecule has 1 radical (unpaired) electrons. The Morgan fingerprint density at radius 3 is 1.78 bits per heavy atom. The molecule has 0 bridgehead atoms. The summed E-state index contributed by atoms with van der Waals surface area (Å²) in [6.45, 7) is 2.28. The highest BCUT2D eigenvalue weighted by molar-refractivity contribution is 4.86. The second-order valence-corrected chi connectivity index (χ2v) is 6.42. The number of hydrogen-bond acceptors (Lipinski definition) is 0. The van der Waals surface area contributed by atoms with Crippen molar-refractivity contribution in [1.82, 2.24) is 5.73 Å². The van der Waals surface area contributed by atoms with E-state index in [0.717, 1.165) is 0 Å². The largest absolute Gasteiger partial charge is 0.251 e. The van der Waals surface area contributed by atoms with Gasteiger partial charge in [-0.15, -0.1) is 0 Å². The molecule has 0 aromatic heterocycles. The van der Waals surface area contributed by atoms with Gasteiger partial charge in [0.1, 0.15) is 0 Å². The summed E-state index contributed by atoms with van der Waals surface area (Å²) in [4.78, 5) is 0. The summed E-state index contributed by atoms with van der Waals surface area (Å²) in [7, 11) is 0. The van der Waals surface area contributed by atoms with Crippen LogP contribution < -0.4 is 5.73 Å². The Balaban J connectivity index is 1.86. The summed E-state index contributed by atoms with van der Waals surface area (Å²) in [5.74, 6) is 0. The van der Waals surface area contributed by atoms with Crippen molar-refractivity contribution >= 4 is 0 Å². The van der Waals surface area contributed by atoms with Crippen LogP contribution >= 0.6 is 0 Å². The standard InChI is InChI=1S/C17H34N/c1-2-3-4-5-6-7-8-9-11-14-17(18)15-12-10-13-16-17/h18H,2-16H2,1H3. The second-order valence-electron chi connectivity index (χ2n) is 6.42. The SMILES string of the molecule is CCCCCCCCCCCC1([NH])CCCCC1. The summed E-state index contributed by atoms with van der Waals surface area (Å²) in [6, 6.07) is 0. The Morgan fingerprint density at radius 2 is 1.22 bits per heavy atom. The number of unbranched alkanes of at least 4 members (excludes halogenated alkanes) is 8. The van der Waals surface area contributed by atoms with Crippen LogP contribution in [0.2, 0.25) is 0 Å². The molecule has 1 aliphatic rings. The van der Waals surface area contributed by atoms with Gasteiger partial charge >= 0.3 is 0 Å². The Kier molecular flexibility index (Phi) is 8.75. The van der Waals surface area contributed by atoms with Crippen LogP contribution in [0, 0.1) is 0 Å². The summed E-state index contributed by atoms with van der Waals surface area (Å²) in [6.07, 6.45) is 20.1. The summed E-state index contributed by atoms with van der Waals surface area (Å²) >= 11 is 0. The van der Waals surface area contributed by atoms with Gasteiger partial charge in [-0.05, 0) is 19.3 Å².